The molecule has 1 N–H and O–H groups in total. The van der Waals surface area contributed by atoms with Crippen LogP contribution in [0.4, 0.5) is 0 Å². The number of nitrogens with zero attached hydrogens (tertiary/aromatic N) is 1. The Labute approximate surface area is 87.8 Å². The summed E-state index contributed by atoms with van der Waals surface area (Å²) >= 11 is 0. The molecule has 3 heteroatoms. The second-order valence-corrected chi connectivity index (χ2v) is 4.45. The molecule has 1 fully saturated rings. The minimum atomic E-state index is 0.517. The van der Waals surface area contributed by atoms with E-state index in [4.69, 9.17) is 4.74 Å². The highest BCUT2D eigenvalue weighted by molar-refractivity contribution is 4.86. The number of hydrogen-bond donors (Lipinski definition) is 1. The third-order valence-corrected chi connectivity index (χ3v) is 3.22. The first-order valence-corrected chi connectivity index (χ1v) is 5.62. The summed E-state index contributed by atoms with van der Waals surface area (Å²) in [6.07, 6.45) is 2.40. The van der Waals surface area contributed by atoms with Crippen molar-refractivity contribution in [1.29, 1.82) is 0 Å². The number of likely N-dealkylation sites (tertiary alicyclic amines) is 1. The smallest absolute Gasteiger partial charge is 0.0615 e. The highest BCUT2D eigenvalue weighted by Crippen LogP contribution is 2.15. The minimum Gasteiger partial charge on any atom is -0.383 e. The Bertz CT molecular complexity index is 153. The molecule has 0 bridgehead atoms. The number of ether oxygens (including phenoxy) is 1. The lowest BCUT2D eigenvalue weighted by Crippen LogP contribution is -2.41. The van der Waals surface area contributed by atoms with Crippen molar-refractivity contribution in [2.24, 2.45) is 0 Å². The van der Waals surface area contributed by atoms with Gasteiger partial charge < -0.3 is 15.0 Å². The molecule has 1 heterocycles. The van der Waals surface area contributed by atoms with E-state index < -0.39 is 0 Å². The molecule has 0 aromatic heterocycles. The summed E-state index contributed by atoms with van der Waals surface area (Å²) in [5.74, 6) is 0. The monoisotopic (exact) mass is 200 g/mol. The van der Waals surface area contributed by atoms with Gasteiger partial charge in [-0.1, -0.05) is 6.92 Å². The summed E-state index contributed by atoms with van der Waals surface area (Å²) in [6, 6.07) is 1.88. The van der Waals surface area contributed by atoms with E-state index in [-0.39, 0.29) is 0 Å². The van der Waals surface area contributed by atoms with Crippen molar-refractivity contribution in [2.45, 2.75) is 44.8 Å². The van der Waals surface area contributed by atoms with Gasteiger partial charge in [0.25, 0.3) is 0 Å². The fraction of sp³-hybridized carbons (Fsp3) is 1.00. The van der Waals surface area contributed by atoms with Gasteiger partial charge in [0.05, 0.1) is 6.61 Å². The van der Waals surface area contributed by atoms with Gasteiger partial charge in [-0.15, -0.1) is 0 Å². The van der Waals surface area contributed by atoms with Crippen molar-refractivity contribution < 1.29 is 4.74 Å². The first-order valence-electron chi connectivity index (χ1n) is 5.62. The minimum absolute atomic E-state index is 0.517. The van der Waals surface area contributed by atoms with Crippen LogP contribution >= 0.6 is 0 Å². The molecular formula is C11H24N2O. The fourth-order valence-electron chi connectivity index (χ4n) is 2.13. The molecule has 3 nitrogen and oxygen atoms in total. The van der Waals surface area contributed by atoms with Gasteiger partial charge in [0.15, 0.2) is 0 Å². The zero-order valence-corrected chi connectivity index (χ0v) is 9.92. The van der Waals surface area contributed by atoms with Crippen molar-refractivity contribution in [1.82, 2.24) is 10.2 Å². The maximum absolute atomic E-state index is 5.18. The van der Waals surface area contributed by atoms with Gasteiger partial charge in [-0.25, -0.2) is 0 Å². The lowest BCUT2D eigenvalue weighted by atomic mass is 10.1. The summed E-state index contributed by atoms with van der Waals surface area (Å²) in [5.41, 5.74) is 0. The summed E-state index contributed by atoms with van der Waals surface area (Å²) in [4.78, 5) is 2.41. The lowest BCUT2D eigenvalue weighted by molar-refractivity contribution is 0.158. The molecule has 0 radical (unpaired) electrons. The van der Waals surface area contributed by atoms with Crippen molar-refractivity contribution in [2.75, 3.05) is 27.3 Å². The van der Waals surface area contributed by atoms with Gasteiger partial charge in [0.1, 0.15) is 0 Å². The molecule has 1 aliphatic heterocycles. The Kier molecular flexibility index (Phi) is 4.85. The van der Waals surface area contributed by atoms with Crippen LogP contribution in [-0.2, 0) is 4.74 Å². The molecule has 1 saturated heterocycles. The van der Waals surface area contributed by atoms with Crippen LogP contribution in [0, 0.1) is 0 Å². The van der Waals surface area contributed by atoms with Gasteiger partial charge in [-0.05, 0) is 26.8 Å². The topological polar surface area (TPSA) is 24.5 Å². The van der Waals surface area contributed by atoms with Gasteiger partial charge in [-0.3, -0.25) is 0 Å². The Balaban J connectivity index is 2.29. The average Bonchev–Trinajstić information content (AvgIpc) is 2.45. The third-order valence-electron chi connectivity index (χ3n) is 3.22. The zero-order valence-electron chi connectivity index (χ0n) is 9.92. The van der Waals surface area contributed by atoms with E-state index in [1.54, 1.807) is 7.11 Å². The second kappa shape index (κ2) is 5.69. The standard InChI is InChI=1S/C11H24N2O/c1-5-10(8-14-4)12-11-6-9(2)13(3)7-11/h9-12H,5-8H2,1-4H3. The predicted molar refractivity (Wildman–Crippen MR) is 59.6 cm³/mol. The number of rotatable bonds is 5. The van der Waals surface area contributed by atoms with Gasteiger partial charge in [0, 0.05) is 31.8 Å². The number of likely N-dealkylation sites (N-methyl/N-ethyl adjacent to an activating group) is 1. The first-order chi connectivity index (χ1) is 6.67. The van der Waals surface area contributed by atoms with Crippen LogP contribution in [0.2, 0.25) is 0 Å². The quantitative estimate of drug-likeness (QED) is 0.719. The molecule has 0 aliphatic carbocycles. The molecule has 84 valence electrons. The van der Waals surface area contributed by atoms with E-state index >= 15 is 0 Å². The molecule has 3 atom stereocenters. The van der Waals surface area contributed by atoms with Crippen LogP contribution in [0.5, 0.6) is 0 Å². The van der Waals surface area contributed by atoms with E-state index in [9.17, 15) is 0 Å². The molecule has 14 heavy (non-hydrogen) atoms. The van der Waals surface area contributed by atoms with Crippen LogP contribution in [-0.4, -0.2) is 50.3 Å². The Morgan fingerprint density at radius 1 is 1.57 bits per heavy atom. The molecular weight excluding hydrogens is 176 g/mol. The van der Waals surface area contributed by atoms with Crippen molar-refractivity contribution in [3.8, 4) is 0 Å². The Morgan fingerprint density at radius 3 is 2.71 bits per heavy atom. The molecule has 0 amide bonds. The van der Waals surface area contributed by atoms with Crippen LogP contribution < -0.4 is 5.32 Å². The molecule has 3 unspecified atom stereocenters. The number of nitrogens with one attached hydrogen (secondary N) is 1. The van der Waals surface area contributed by atoms with Crippen LogP contribution in [0.3, 0.4) is 0 Å². The Hall–Kier alpha value is -0.120. The third kappa shape index (κ3) is 3.23. The van der Waals surface area contributed by atoms with Crippen LogP contribution in [0.25, 0.3) is 0 Å². The van der Waals surface area contributed by atoms with Gasteiger partial charge >= 0.3 is 0 Å². The Morgan fingerprint density at radius 2 is 2.29 bits per heavy atom. The van der Waals surface area contributed by atoms with E-state index in [0.717, 1.165) is 13.0 Å². The van der Waals surface area contributed by atoms with Crippen molar-refractivity contribution in [3.05, 3.63) is 0 Å². The highest BCUT2D eigenvalue weighted by Gasteiger charge is 2.27. The normalized spacial score (nSPS) is 30.9. The van der Waals surface area contributed by atoms with Gasteiger partial charge in [0.2, 0.25) is 0 Å². The van der Waals surface area contributed by atoms with E-state index in [1.165, 1.54) is 13.0 Å². The second-order valence-electron chi connectivity index (χ2n) is 4.45. The number of hydrogen-bond acceptors (Lipinski definition) is 3. The van der Waals surface area contributed by atoms with E-state index in [1.807, 2.05) is 0 Å². The lowest BCUT2D eigenvalue weighted by Gasteiger charge is -2.20. The molecule has 1 rings (SSSR count). The maximum atomic E-state index is 5.18. The van der Waals surface area contributed by atoms with Gasteiger partial charge in [-0.2, -0.15) is 0 Å². The molecule has 1 aliphatic rings. The van der Waals surface area contributed by atoms with Crippen LogP contribution in [0.15, 0.2) is 0 Å². The predicted octanol–water partition coefficient (Wildman–Crippen LogP) is 1.09. The molecule has 0 spiro atoms. The first kappa shape index (κ1) is 12.0. The summed E-state index contributed by atoms with van der Waals surface area (Å²) in [7, 11) is 3.97. The summed E-state index contributed by atoms with van der Waals surface area (Å²) in [5, 5.41) is 3.66. The highest BCUT2D eigenvalue weighted by atomic mass is 16.5. The largest absolute Gasteiger partial charge is 0.383 e. The van der Waals surface area contributed by atoms with E-state index in [0.29, 0.717) is 18.1 Å². The molecule has 0 aromatic rings. The molecule has 0 aromatic carbocycles. The SMILES string of the molecule is CCC(COC)NC1CC(C)N(C)C1. The number of methoxy groups -OCH3 is 1. The van der Waals surface area contributed by atoms with Crippen molar-refractivity contribution >= 4 is 0 Å². The fourth-order valence-corrected chi connectivity index (χ4v) is 2.13. The van der Waals surface area contributed by atoms with E-state index in [2.05, 4.69) is 31.1 Å². The average molecular weight is 200 g/mol. The summed E-state index contributed by atoms with van der Waals surface area (Å²) < 4.78 is 5.18. The zero-order chi connectivity index (χ0) is 10.6. The van der Waals surface area contributed by atoms with Crippen molar-refractivity contribution in [3.63, 3.8) is 0 Å². The summed E-state index contributed by atoms with van der Waals surface area (Å²) in [6.45, 7) is 6.49. The molecule has 0 saturated carbocycles. The van der Waals surface area contributed by atoms with Crippen LogP contribution in [0.1, 0.15) is 26.7 Å². The maximum Gasteiger partial charge on any atom is 0.0615 e.